The number of aryl methyl sites for hydroxylation is 1. The molecule has 0 saturated heterocycles. The highest BCUT2D eigenvalue weighted by Gasteiger charge is 2.28. The summed E-state index contributed by atoms with van der Waals surface area (Å²) in [5.41, 5.74) is 4.86. The molecule has 0 bridgehead atoms. The number of allylic oxidation sites excluding steroid dienone is 1. The fourth-order valence-corrected chi connectivity index (χ4v) is 3.09. The second-order valence-corrected chi connectivity index (χ2v) is 7.00. The van der Waals surface area contributed by atoms with Crippen LogP contribution in [0.2, 0.25) is 0 Å². The molecule has 0 amide bonds. The Hall–Kier alpha value is -2.55. The van der Waals surface area contributed by atoms with Crippen LogP contribution in [0.15, 0.2) is 48.5 Å². The number of hydrogen-bond donors (Lipinski definition) is 1. The number of nitrogens with one attached hydrogen (secondary N) is 1. The highest BCUT2D eigenvalue weighted by atomic mass is 16.5. The molecule has 1 heterocycles. The number of ketones is 1. The molecule has 0 radical (unpaired) electrons. The zero-order chi connectivity index (χ0) is 17.3. The normalized spacial score (nSPS) is 17.1. The SMILES string of the molecule is COc1ccc2c(c1)C(=CC(=O)c1ccc(C)cc1)NC(C)(C)C2. The van der Waals surface area contributed by atoms with E-state index in [1.54, 1.807) is 13.2 Å². The van der Waals surface area contributed by atoms with Gasteiger partial charge in [-0.2, -0.15) is 0 Å². The number of rotatable bonds is 3. The average Bonchev–Trinajstić information content (AvgIpc) is 2.54. The summed E-state index contributed by atoms with van der Waals surface area (Å²) in [7, 11) is 1.66. The van der Waals surface area contributed by atoms with Crippen LogP contribution >= 0.6 is 0 Å². The van der Waals surface area contributed by atoms with Crippen molar-refractivity contribution in [2.24, 2.45) is 0 Å². The minimum absolute atomic E-state index is 0.00368. The summed E-state index contributed by atoms with van der Waals surface area (Å²) < 4.78 is 5.34. The summed E-state index contributed by atoms with van der Waals surface area (Å²) in [4.78, 5) is 12.7. The Morgan fingerprint density at radius 1 is 1.17 bits per heavy atom. The molecule has 0 atom stereocenters. The van der Waals surface area contributed by atoms with Crippen LogP contribution in [0.25, 0.3) is 5.70 Å². The monoisotopic (exact) mass is 321 g/mol. The number of ether oxygens (including phenoxy) is 1. The van der Waals surface area contributed by atoms with Gasteiger partial charge in [0.15, 0.2) is 5.78 Å². The smallest absolute Gasteiger partial charge is 0.187 e. The lowest BCUT2D eigenvalue weighted by Gasteiger charge is -2.35. The largest absolute Gasteiger partial charge is 0.497 e. The number of carbonyl (C=O) groups is 1. The van der Waals surface area contributed by atoms with Gasteiger partial charge in [0.05, 0.1) is 7.11 Å². The van der Waals surface area contributed by atoms with E-state index in [2.05, 4.69) is 25.2 Å². The summed E-state index contributed by atoms with van der Waals surface area (Å²) in [5.74, 6) is 0.799. The fourth-order valence-electron chi connectivity index (χ4n) is 3.09. The minimum atomic E-state index is -0.0963. The zero-order valence-corrected chi connectivity index (χ0v) is 14.6. The number of benzene rings is 2. The molecule has 0 saturated carbocycles. The van der Waals surface area contributed by atoms with Crippen molar-refractivity contribution in [2.75, 3.05) is 7.11 Å². The van der Waals surface area contributed by atoms with Crippen LogP contribution in [0.3, 0.4) is 0 Å². The van der Waals surface area contributed by atoms with Gasteiger partial charge in [0, 0.05) is 28.4 Å². The third-order valence-corrected chi connectivity index (χ3v) is 4.32. The van der Waals surface area contributed by atoms with Gasteiger partial charge in [-0.1, -0.05) is 35.9 Å². The summed E-state index contributed by atoms with van der Waals surface area (Å²) in [6, 6.07) is 13.7. The van der Waals surface area contributed by atoms with Gasteiger partial charge < -0.3 is 10.1 Å². The number of hydrogen-bond acceptors (Lipinski definition) is 3. The summed E-state index contributed by atoms with van der Waals surface area (Å²) in [5, 5.41) is 3.50. The van der Waals surface area contributed by atoms with Gasteiger partial charge in [-0.3, -0.25) is 4.79 Å². The molecule has 0 aromatic heterocycles. The van der Waals surface area contributed by atoms with Crippen LogP contribution in [-0.2, 0) is 6.42 Å². The van der Waals surface area contributed by atoms with Crippen molar-refractivity contribution in [3.05, 3.63) is 70.8 Å². The maximum atomic E-state index is 12.7. The standard InChI is InChI=1S/C21H23NO2/c1-14-5-7-15(8-6-14)20(23)12-19-18-11-17(24-4)10-9-16(18)13-21(2,3)22-19/h5-12,22H,13H2,1-4H3. The highest BCUT2D eigenvalue weighted by molar-refractivity contribution is 6.08. The van der Waals surface area contributed by atoms with E-state index in [0.29, 0.717) is 5.56 Å². The lowest BCUT2D eigenvalue weighted by atomic mass is 9.85. The summed E-state index contributed by atoms with van der Waals surface area (Å²) in [6.07, 6.45) is 2.60. The molecule has 124 valence electrons. The molecule has 0 fully saturated rings. The van der Waals surface area contributed by atoms with Crippen LogP contribution in [0, 0.1) is 6.92 Å². The lowest BCUT2D eigenvalue weighted by molar-refractivity contribution is 0.104. The van der Waals surface area contributed by atoms with Gasteiger partial charge in [0.2, 0.25) is 0 Å². The second kappa shape index (κ2) is 6.16. The predicted molar refractivity (Wildman–Crippen MR) is 97.4 cm³/mol. The molecule has 1 aliphatic heterocycles. The predicted octanol–water partition coefficient (Wildman–Crippen LogP) is 4.15. The van der Waals surface area contributed by atoms with E-state index in [1.165, 1.54) is 5.56 Å². The maximum absolute atomic E-state index is 12.7. The summed E-state index contributed by atoms with van der Waals surface area (Å²) >= 11 is 0. The molecule has 2 aromatic rings. The molecule has 3 rings (SSSR count). The first-order valence-electron chi connectivity index (χ1n) is 8.16. The molecular weight excluding hydrogens is 298 g/mol. The van der Waals surface area contributed by atoms with Crippen molar-refractivity contribution in [3.8, 4) is 5.75 Å². The van der Waals surface area contributed by atoms with Crippen LogP contribution < -0.4 is 10.1 Å². The molecule has 24 heavy (non-hydrogen) atoms. The van der Waals surface area contributed by atoms with Crippen molar-refractivity contribution in [3.63, 3.8) is 0 Å². The molecule has 3 heteroatoms. The third-order valence-electron chi connectivity index (χ3n) is 4.32. The van der Waals surface area contributed by atoms with Crippen molar-refractivity contribution in [1.29, 1.82) is 0 Å². The summed E-state index contributed by atoms with van der Waals surface area (Å²) in [6.45, 7) is 6.30. The first kappa shape index (κ1) is 16.3. The van der Waals surface area contributed by atoms with Gasteiger partial charge in [-0.05, 0) is 44.9 Å². The molecule has 3 nitrogen and oxygen atoms in total. The Kier molecular flexibility index (Phi) is 4.18. The Bertz CT molecular complexity index is 801. The minimum Gasteiger partial charge on any atom is -0.497 e. The van der Waals surface area contributed by atoms with Crippen molar-refractivity contribution < 1.29 is 9.53 Å². The lowest BCUT2D eigenvalue weighted by Crippen LogP contribution is -2.43. The van der Waals surface area contributed by atoms with Crippen molar-refractivity contribution >= 4 is 11.5 Å². The van der Waals surface area contributed by atoms with Crippen LogP contribution in [0.4, 0.5) is 0 Å². The van der Waals surface area contributed by atoms with E-state index >= 15 is 0 Å². The van der Waals surface area contributed by atoms with Crippen LogP contribution in [-0.4, -0.2) is 18.4 Å². The van der Waals surface area contributed by atoms with Crippen molar-refractivity contribution in [2.45, 2.75) is 32.7 Å². The average molecular weight is 321 g/mol. The first-order chi connectivity index (χ1) is 11.4. The van der Waals surface area contributed by atoms with Gasteiger partial charge in [-0.15, -0.1) is 0 Å². The van der Waals surface area contributed by atoms with E-state index in [4.69, 9.17) is 4.74 Å². The molecule has 0 unspecified atom stereocenters. The molecular formula is C21H23NO2. The first-order valence-corrected chi connectivity index (χ1v) is 8.16. The Morgan fingerprint density at radius 3 is 2.54 bits per heavy atom. The van der Waals surface area contributed by atoms with Crippen molar-refractivity contribution in [1.82, 2.24) is 5.32 Å². The zero-order valence-electron chi connectivity index (χ0n) is 14.6. The van der Waals surface area contributed by atoms with Gasteiger partial charge in [-0.25, -0.2) is 0 Å². The highest BCUT2D eigenvalue weighted by Crippen LogP contribution is 2.32. The molecule has 0 aliphatic carbocycles. The topological polar surface area (TPSA) is 38.3 Å². The Labute approximate surface area is 143 Å². The van der Waals surface area contributed by atoms with E-state index in [-0.39, 0.29) is 11.3 Å². The van der Waals surface area contributed by atoms with Gasteiger partial charge >= 0.3 is 0 Å². The number of carbonyl (C=O) groups excluding carboxylic acids is 1. The van der Waals surface area contributed by atoms with Crippen LogP contribution in [0.5, 0.6) is 5.75 Å². The molecule has 1 N–H and O–H groups in total. The Balaban J connectivity index is 2.03. The van der Waals surface area contributed by atoms with E-state index in [0.717, 1.165) is 29.0 Å². The maximum Gasteiger partial charge on any atom is 0.187 e. The Morgan fingerprint density at radius 2 is 1.88 bits per heavy atom. The quantitative estimate of drug-likeness (QED) is 0.682. The van der Waals surface area contributed by atoms with E-state index in [9.17, 15) is 4.79 Å². The second-order valence-electron chi connectivity index (χ2n) is 7.00. The number of fused-ring (bicyclic) bond motifs is 1. The molecule has 0 spiro atoms. The third kappa shape index (κ3) is 3.35. The van der Waals surface area contributed by atoms with E-state index < -0.39 is 0 Å². The van der Waals surface area contributed by atoms with Gasteiger partial charge in [0.1, 0.15) is 5.75 Å². The van der Waals surface area contributed by atoms with E-state index in [1.807, 2.05) is 43.3 Å². The number of methoxy groups -OCH3 is 1. The fraction of sp³-hybridized carbons (Fsp3) is 0.286. The van der Waals surface area contributed by atoms with Gasteiger partial charge in [0.25, 0.3) is 0 Å². The van der Waals surface area contributed by atoms with Crippen LogP contribution in [0.1, 0.15) is 40.9 Å². The molecule has 1 aliphatic rings. The molecule has 2 aromatic carbocycles.